The number of likely N-dealkylation sites (tertiary alicyclic amines) is 1. The smallest absolute Gasteiger partial charge is 0.328 e. The van der Waals surface area contributed by atoms with Gasteiger partial charge in [-0.3, -0.25) is 9.59 Å². The minimum atomic E-state index is -1.21. The number of nitrogens with zero attached hydrogens (tertiary/aromatic N) is 1. The molecule has 7 nitrogen and oxygen atoms in total. The molecule has 1 aromatic carbocycles. The Morgan fingerprint density at radius 2 is 2.19 bits per heavy atom. The molecule has 1 aliphatic heterocycles. The Hall–Kier alpha value is -2.19. The third kappa shape index (κ3) is 5.17. The number of carboxylic acids is 1. The summed E-state index contributed by atoms with van der Waals surface area (Å²) in [6, 6.07) is 2.75. The van der Waals surface area contributed by atoms with E-state index >= 15 is 0 Å². The highest BCUT2D eigenvalue weighted by atomic mass is 35.5. The molecule has 0 radical (unpaired) electrons. The molecule has 1 heterocycles. The molecule has 2 amide bonds. The number of amides is 2. The van der Waals surface area contributed by atoms with Crippen LogP contribution in [0.15, 0.2) is 18.2 Å². The molecular formula is C18H22ClFN2O5. The summed E-state index contributed by atoms with van der Waals surface area (Å²) in [6.45, 7) is 1.63. The Bertz CT molecular complexity index is 730. The van der Waals surface area contributed by atoms with Crippen LogP contribution >= 0.6 is 11.6 Å². The van der Waals surface area contributed by atoms with E-state index in [-0.39, 0.29) is 30.3 Å². The molecule has 2 rings (SSSR count). The first-order valence-electron chi connectivity index (χ1n) is 8.52. The number of carbonyl (C=O) groups is 3. The van der Waals surface area contributed by atoms with Crippen molar-refractivity contribution >= 4 is 29.4 Å². The molecule has 0 unspecified atom stereocenters. The summed E-state index contributed by atoms with van der Waals surface area (Å²) >= 11 is 5.96. The predicted octanol–water partition coefficient (Wildman–Crippen LogP) is 1.96. The average Bonchev–Trinajstić information content (AvgIpc) is 2.95. The van der Waals surface area contributed by atoms with Gasteiger partial charge in [0.15, 0.2) is 6.04 Å². The van der Waals surface area contributed by atoms with Gasteiger partial charge in [0.25, 0.3) is 0 Å². The minimum absolute atomic E-state index is 0.0553. The lowest BCUT2D eigenvalue weighted by atomic mass is 10.1. The largest absolute Gasteiger partial charge is 0.480 e. The molecule has 9 heteroatoms. The molecule has 0 aromatic heterocycles. The van der Waals surface area contributed by atoms with E-state index < -0.39 is 35.9 Å². The number of halogens is 2. The fraction of sp³-hybridized carbons (Fsp3) is 0.500. The molecule has 1 aromatic rings. The van der Waals surface area contributed by atoms with Crippen LogP contribution in [0.1, 0.15) is 31.7 Å². The van der Waals surface area contributed by atoms with Crippen LogP contribution in [0.3, 0.4) is 0 Å². The van der Waals surface area contributed by atoms with E-state index in [2.05, 4.69) is 5.32 Å². The third-order valence-corrected chi connectivity index (χ3v) is 5.09. The van der Waals surface area contributed by atoms with Gasteiger partial charge in [-0.1, -0.05) is 23.7 Å². The zero-order valence-electron chi connectivity index (χ0n) is 15.1. The molecule has 1 saturated heterocycles. The van der Waals surface area contributed by atoms with Crippen LogP contribution in [-0.2, 0) is 25.7 Å². The second-order valence-corrected chi connectivity index (χ2v) is 6.83. The topological polar surface area (TPSA) is 95.9 Å². The van der Waals surface area contributed by atoms with Crippen LogP contribution in [0.5, 0.6) is 0 Å². The quantitative estimate of drug-likeness (QED) is 0.695. The van der Waals surface area contributed by atoms with Crippen molar-refractivity contribution in [2.45, 2.75) is 50.9 Å². The van der Waals surface area contributed by atoms with Crippen LogP contribution in [0.4, 0.5) is 4.39 Å². The molecule has 0 bridgehead atoms. The zero-order chi connectivity index (χ0) is 20.1. The minimum Gasteiger partial charge on any atom is -0.480 e. The van der Waals surface area contributed by atoms with Gasteiger partial charge < -0.3 is 20.1 Å². The van der Waals surface area contributed by atoms with E-state index in [9.17, 15) is 23.9 Å². The Kier molecular flexibility index (Phi) is 7.15. The molecule has 1 fully saturated rings. The Labute approximate surface area is 161 Å². The van der Waals surface area contributed by atoms with Gasteiger partial charge in [0.1, 0.15) is 5.82 Å². The number of rotatable bonds is 8. The second kappa shape index (κ2) is 9.14. The molecular weight excluding hydrogens is 379 g/mol. The van der Waals surface area contributed by atoms with Crippen LogP contribution < -0.4 is 5.32 Å². The number of ether oxygens (including phenoxy) is 1. The average molecular weight is 401 g/mol. The Morgan fingerprint density at radius 1 is 1.48 bits per heavy atom. The summed E-state index contributed by atoms with van der Waals surface area (Å²) < 4.78 is 18.6. The first-order valence-corrected chi connectivity index (χ1v) is 8.89. The first-order chi connectivity index (χ1) is 12.7. The van der Waals surface area contributed by atoms with Gasteiger partial charge in [-0.25, -0.2) is 9.18 Å². The molecule has 0 saturated carbocycles. The van der Waals surface area contributed by atoms with Gasteiger partial charge >= 0.3 is 5.97 Å². The van der Waals surface area contributed by atoms with Crippen LogP contribution in [0, 0.1) is 5.82 Å². The summed E-state index contributed by atoms with van der Waals surface area (Å²) in [7, 11) is 1.35. The van der Waals surface area contributed by atoms with E-state index in [0.717, 1.165) is 0 Å². The molecule has 3 atom stereocenters. The molecule has 0 spiro atoms. The lowest BCUT2D eigenvalue weighted by Gasteiger charge is -2.26. The van der Waals surface area contributed by atoms with Crippen molar-refractivity contribution in [1.29, 1.82) is 0 Å². The van der Waals surface area contributed by atoms with Gasteiger partial charge in [0.05, 0.1) is 11.1 Å². The van der Waals surface area contributed by atoms with Crippen molar-refractivity contribution < 1.29 is 28.6 Å². The number of carbonyl (C=O) groups excluding carboxylic acids is 2. The van der Waals surface area contributed by atoms with Gasteiger partial charge in [-0.15, -0.1) is 0 Å². The number of benzene rings is 1. The summed E-state index contributed by atoms with van der Waals surface area (Å²) in [6.07, 6.45) is -0.0453. The standard InChI is InChI=1S/C18H22ClFN2O5/c1-10(27-2)17(18(25)26)21-14(23)8-12-6-7-15(24)22(12)9-11-4-3-5-13(20)16(11)19/h3-5,10,12,17H,6-9H2,1-2H3,(H,21,23)(H,25,26)/t10-,12+,17+/m1/s1. The summed E-state index contributed by atoms with van der Waals surface area (Å²) in [5.74, 6) is -2.44. The highest BCUT2D eigenvalue weighted by Crippen LogP contribution is 2.27. The second-order valence-electron chi connectivity index (χ2n) is 6.46. The van der Waals surface area contributed by atoms with E-state index in [4.69, 9.17) is 16.3 Å². The maximum atomic E-state index is 13.6. The van der Waals surface area contributed by atoms with Crippen LogP contribution in [0.2, 0.25) is 5.02 Å². The number of methoxy groups -OCH3 is 1. The number of aliphatic carboxylic acids is 1. The fourth-order valence-electron chi connectivity index (χ4n) is 3.04. The van der Waals surface area contributed by atoms with Gasteiger partial charge in [-0.2, -0.15) is 0 Å². The highest BCUT2D eigenvalue weighted by molar-refractivity contribution is 6.31. The SMILES string of the molecule is CO[C@H](C)[C@H](NC(=O)C[C@@H]1CCC(=O)N1Cc1cccc(F)c1Cl)C(=O)O. The number of hydrogen-bond donors (Lipinski definition) is 2. The van der Waals surface area contributed by atoms with Crippen molar-refractivity contribution in [3.05, 3.63) is 34.6 Å². The van der Waals surface area contributed by atoms with Crippen molar-refractivity contribution in [1.82, 2.24) is 10.2 Å². The highest BCUT2D eigenvalue weighted by Gasteiger charge is 2.34. The Morgan fingerprint density at radius 3 is 2.81 bits per heavy atom. The van der Waals surface area contributed by atoms with Gasteiger partial charge in [-0.05, 0) is 25.0 Å². The maximum absolute atomic E-state index is 13.6. The molecule has 2 N–H and O–H groups in total. The van der Waals surface area contributed by atoms with Crippen molar-refractivity contribution in [3.8, 4) is 0 Å². The van der Waals surface area contributed by atoms with Crippen molar-refractivity contribution in [2.24, 2.45) is 0 Å². The van der Waals surface area contributed by atoms with E-state index in [1.807, 2.05) is 0 Å². The van der Waals surface area contributed by atoms with E-state index in [1.165, 1.54) is 31.1 Å². The van der Waals surface area contributed by atoms with Crippen LogP contribution in [-0.4, -0.2) is 53.1 Å². The number of hydrogen-bond acceptors (Lipinski definition) is 4. The van der Waals surface area contributed by atoms with Crippen molar-refractivity contribution in [2.75, 3.05) is 7.11 Å². The fourth-order valence-corrected chi connectivity index (χ4v) is 3.22. The van der Waals surface area contributed by atoms with E-state index in [0.29, 0.717) is 12.0 Å². The van der Waals surface area contributed by atoms with Crippen molar-refractivity contribution in [3.63, 3.8) is 0 Å². The summed E-state index contributed by atoms with van der Waals surface area (Å²) in [5, 5.41) is 11.6. The third-order valence-electron chi connectivity index (χ3n) is 4.67. The predicted molar refractivity (Wildman–Crippen MR) is 95.6 cm³/mol. The molecule has 1 aliphatic rings. The summed E-state index contributed by atoms with van der Waals surface area (Å²) in [4.78, 5) is 37.3. The van der Waals surface area contributed by atoms with E-state index in [1.54, 1.807) is 6.07 Å². The number of nitrogens with one attached hydrogen (secondary N) is 1. The normalized spacial score (nSPS) is 19.0. The molecule has 0 aliphatic carbocycles. The monoisotopic (exact) mass is 400 g/mol. The van der Waals surface area contributed by atoms with Gasteiger partial charge in [0.2, 0.25) is 11.8 Å². The first kappa shape index (κ1) is 21.1. The number of carboxylic acid groups (broad SMARTS) is 1. The lowest BCUT2D eigenvalue weighted by Crippen LogP contribution is -2.49. The summed E-state index contributed by atoms with van der Waals surface area (Å²) in [5.41, 5.74) is 0.453. The Balaban J connectivity index is 2.06. The molecule has 27 heavy (non-hydrogen) atoms. The maximum Gasteiger partial charge on any atom is 0.328 e. The lowest BCUT2D eigenvalue weighted by molar-refractivity contribution is -0.145. The van der Waals surface area contributed by atoms with Gasteiger partial charge in [0, 0.05) is 32.5 Å². The zero-order valence-corrected chi connectivity index (χ0v) is 15.8. The molecule has 148 valence electrons. The van der Waals surface area contributed by atoms with Crippen LogP contribution in [0.25, 0.3) is 0 Å².